The molecule has 0 radical (unpaired) electrons. The molecule has 0 unspecified atom stereocenters. The van der Waals surface area contributed by atoms with Gasteiger partial charge in [0.05, 0.1) is 10.7 Å². The largest absolute Gasteiger partial charge is 0.380 e. The Hall–Kier alpha value is -0.700. The molecule has 0 bridgehead atoms. The van der Waals surface area contributed by atoms with E-state index in [9.17, 15) is 0 Å². The van der Waals surface area contributed by atoms with Crippen LogP contribution in [0, 0.1) is 6.92 Å². The van der Waals surface area contributed by atoms with Crippen LogP contribution in [0.2, 0.25) is 10.0 Å². The average molecular weight is 345 g/mol. The van der Waals surface area contributed by atoms with Gasteiger partial charge in [-0.25, -0.2) is 0 Å². The van der Waals surface area contributed by atoms with Crippen molar-refractivity contribution < 1.29 is 0 Å². The van der Waals surface area contributed by atoms with E-state index in [1.165, 1.54) is 11.1 Å². The van der Waals surface area contributed by atoms with Gasteiger partial charge in [0.15, 0.2) is 0 Å². The minimum atomic E-state index is 0.669. The van der Waals surface area contributed by atoms with E-state index in [1.807, 2.05) is 6.07 Å². The molecule has 2 aromatic carbocycles. The predicted octanol–water partition coefficient (Wildman–Crippen LogP) is 5.68. The Labute approximate surface area is 125 Å². The van der Waals surface area contributed by atoms with Crippen LogP contribution in [-0.2, 0) is 6.54 Å². The summed E-state index contributed by atoms with van der Waals surface area (Å²) in [6, 6.07) is 11.7. The highest BCUT2D eigenvalue weighted by atomic mass is 79.9. The molecule has 94 valence electrons. The van der Waals surface area contributed by atoms with Gasteiger partial charge in [-0.3, -0.25) is 0 Å². The van der Waals surface area contributed by atoms with Crippen molar-refractivity contribution in [1.29, 1.82) is 0 Å². The highest BCUT2D eigenvalue weighted by molar-refractivity contribution is 9.10. The van der Waals surface area contributed by atoms with Crippen LogP contribution in [0.15, 0.2) is 40.9 Å². The van der Waals surface area contributed by atoms with Gasteiger partial charge in [0.1, 0.15) is 0 Å². The van der Waals surface area contributed by atoms with Crippen molar-refractivity contribution in [3.8, 4) is 0 Å². The standard InChI is InChI=1S/C14H12BrCl2N/c1-9-2-3-10(12(15)6-9)8-18-14-7-11(16)4-5-13(14)17/h2-7,18H,8H2,1H3. The lowest BCUT2D eigenvalue weighted by molar-refractivity contribution is 1.13. The van der Waals surface area contributed by atoms with Gasteiger partial charge in [-0.05, 0) is 42.3 Å². The quantitative estimate of drug-likeness (QED) is 0.755. The molecule has 2 aromatic rings. The summed E-state index contributed by atoms with van der Waals surface area (Å²) in [4.78, 5) is 0. The SMILES string of the molecule is Cc1ccc(CNc2cc(Cl)ccc2Cl)c(Br)c1. The van der Waals surface area contributed by atoms with E-state index in [0.29, 0.717) is 16.6 Å². The van der Waals surface area contributed by atoms with Crippen LogP contribution in [0.4, 0.5) is 5.69 Å². The van der Waals surface area contributed by atoms with Gasteiger partial charge in [0, 0.05) is 16.0 Å². The number of hydrogen-bond acceptors (Lipinski definition) is 1. The first kappa shape index (κ1) is 13.7. The second kappa shape index (κ2) is 5.96. The smallest absolute Gasteiger partial charge is 0.0638 e. The van der Waals surface area contributed by atoms with Gasteiger partial charge in [0.25, 0.3) is 0 Å². The maximum absolute atomic E-state index is 6.09. The summed E-state index contributed by atoms with van der Waals surface area (Å²) in [6.45, 7) is 2.76. The number of benzene rings is 2. The molecule has 1 N–H and O–H groups in total. The fraction of sp³-hybridized carbons (Fsp3) is 0.143. The van der Waals surface area contributed by atoms with Crippen LogP contribution >= 0.6 is 39.1 Å². The van der Waals surface area contributed by atoms with Gasteiger partial charge in [0.2, 0.25) is 0 Å². The normalized spacial score (nSPS) is 10.4. The van der Waals surface area contributed by atoms with E-state index in [1.54, 1.807) is 12.1 Å². The lowest BCUT2D eigenvalue weighted by Crippen LogP contribution is -2.01. The minimum Gasteiger partial charge on any atom is -0.380 e. The maximum Gasteiger partial charge on any atom is 0.0638 e. The maximum atomic E-state index is 6.09. The van der Waals surface area contributed by atoms with Crippen LogP contribution in [0.25, 0.3) is 0 Å². The van der Waals surface area contributed by atoms with Crippen molar-refractivity contribution in [2.24, 2.45) is 0 Å². The highest BCUT2D eigenvalue weighted by Gasteiger charge is 2.03. The van der Waals surface area contributed by atoms with Crippen LogP contribution in [0.1, 0.15) is 11.1 Å². The van der Waals surface area contributed by atoms with Crippen molar-refractivity contribution in [1.82, 2.24) is 0 Å². The molecule has 0 aliphatic rings. The van der Waals surface area contributed by atoms with Crippen LogP contribution in [0.3, 0.4) is 0 Å². The summed E-state index contributed by atoms with van der Waals surface area (Å²) < 4.78 is 1.09. The summed E-state index contributed by atoms with van der Waals surface area (Å²) in [5.41, 5.74) is 3.25. The molecule has 0 heterocycles. The molecule has 1 nitrogen and oxygen atoms in total. The predicted molar refractivity (Wildman–Crippen MR) is 82.7 cm³/mol. The second-order valence-corrected chi connectivity index (χ2v) is 5.77. The number of anilines is 1. The summed E-state index contributed by atoms with van der Waals surface area (Å²) >= 11 is 15.6. The van der Waals surface area contributed by atoms with Gasteiger partial charge in [-0.15, -0.1) is 0 Å². The molecule has 0 saturated carbocycles. The Morgan fingerprint density at radius 3 is 2.61 bits per heavy atom. The third kappa shape index (κ3) is 3.41. The zero-order valence-corrected chi connectivity index (χ0v) is 12.9. The van der Waals surface area contributed by atoms with E-state index in [0.717, 1.165) is 10.2 Å². The summed E-state index contributed by atoms with van der Waals surface area (Å²) in [7, 11) is 0. The van der Waals surface area contributed by atoms with E-state index < -0.39 is 0 Å². The monoisotopic (exact) mass is 343 g/mol. The van der Waals surface area contributed by atoms with Gasteiger partial charge >= 0.3 is 0 Å². The fourth-order valence-corrected chi connectivity index (χ4v) is 2.61. The molecule has 0 aromatic heterocycles. The fourth-order valence-electron chi connectivity index (χ4n) is 1.62. The van der Waals surface area contributed by atoms with Gasteiger partial charge < -0.3 is 5.32 Å². The first-order valence-electron chi connectivity index (χ1n) is 5.50. The molecule has 0 spiro atoms. The van der Waals surface area contributed by atoms with Crippen molar-refractivity contribution in [2.45, 2.75) is 13.5 Å². The first-order valence-corrected chi connectivity index (χ1v) is 7.05. The van der Waals surface area contributed by atoms with E-state index in [2.05, 4.69) is 46.4 Å². The van der Waals surface area contributed by atoms with E-state index >= 15 is 0 Å². The molecular weight excluding hydrogens is 333 g/mol. The Morgan fingerprint density at radius 1 is 1.11 bits per heavy atom. The zero-order chi connectivity index (χ0) is 13.1. The van der Waals surface area contributed by atoms with Crippen molar-refractivity contribution in [2.75, 3.05) is 5.32 Å². The van der Waals surface area contributed by atoms with Gasteiger partial charge in [-0.1, -0.05) is 51.3 Å². The average Bonchev–Trinajstić information content (AvgIpc) is 2.32. The first-order chi connectivity index (χ1) is 8.56. The van der Waals surface area contributed by atoms with Crippen molar-refractivity contribution in [3.63, 3.8) is 0 Å². The Morgan fingerprint density at radius 2 is 1.89 bits per heavy atom. The molecule has 2 rings (SSSR count). The van der Waals surface area contributed by atoms with Crippen molar-refractivity contribution >= 4 is 44.8 Å². The molecule has 18 heavy (non-hydrogen) atoms. The molecule has 0 amide bonds. The Balaban J connectivity index is 2.13. The van der Waals surface area contributed by atoms with Gasteiger partial charge in [-0.2, -0.15) is 0 Å². The lowest BCUT2D eigenvalue weighted by atomic mass is 10.1. The number of halogens is 3. The molecular formula is C14H12BrCl2N. The number of nitrogens with one attached hydrogen (secondary N) is 1. The topological polar surface area (TPSA) is 12.0 Å². The van der Waals surface area contributed by atoms with Crippen LogP contribution in [-0.4, -0.2) is 0 Å². The van der Waals surface area contributed by atoms with E-state index in [4.69, 9.17) is 23.2 Å². The number of hydrogen-bond donors (Lipinski definition) is 1. The van der Waals surface area contributed by atoms with Crippen molar-refractivity contribution in [3.05, 3.63) is 62.0 Å². The molecule has 0 aliphatic heterocycles. The lowest BCUT2D eigenvalue weighted by Gasteiger charge is -2.10. The zero-order valence-electron chi connectivity index (χ0n) is 9.81. The molecule has 0 atom stereocenters. The van der Waals surface area contributed by atoms with E-state index in [-0.39, 0.29) is 0 Å². The molecule has 0 aliphatic carbocycles. The summed E-state index contributed by atoms with van der Waals surface area (Å²) in [5, 5.41) is 4.62. The summed E-state index contributed by atoms with van der Waals surface area (Å²) in [5.74, 6) is 0. The Kier molecular flexibility index (Phi) is 4.55. The summed E-state index contributed by atoms with van der Waals surface area (Å²) in [6.07, 6.45) is 0. The molecule has 4 heteroatoms. The third-order valence-corrected chi connectivity index (χ3v) is 3.91. The third-order valence-electron chi connectivity index (χ3n) is 2.61. The molecule has 0 fully saturated rings. The number of aryl methyl sites for hydroxylation is 1. The van der Waals surface area contributed by atoms with Crippen LogP contribution < -0.4 is 5.32 Å². The minimum absolute atomic E-state index is 0.669. The Bertz CT molecular complexity index is 570. The second-order valence-electron chi connectivity index (χ2n) is 4.07. The van der Waals surface area contributed by atoms with Crippen LogP contribution in [0.5, 0.6) is 0 Å². The molecule has 0 saturated heterocycles. The number of rotatable bonds is 3. The highest BCUT2D eigenvalue weighted by Crippen LogP contribution is 2.27.